The van der Waals surface area contributed by atoms with Crippen molar-refractivity contribution in [2.75, 3.05) is 6.54 Å². The van der Waals surface area contributed by atoms with E-state index in [1.54, 1.807) is 6.92 Å². The first-order chi connectivity index (χ1) is 6.24. The van der Waals surface area contributed by atoms with E-state index in [-0.39, 0.29) is 18.1 Å². The molecular formula is C10H15NO2. The zero-order valence-electron chi connectivity index (χ0n) is 8.09. The number of ether oxygens (including phenoxy) is 1. The molecule has 1 fully saturated rings. The van der Waals surface area contributed by atoms with Crippen LogP contribution in [-0.4, -0.2) is 24.7 Å². The van der Waals surface area contributed by atoms with E-state index in [4.69, 9.17) is 4.74 Å². The van der Waals surface area contributed by atoms with Crippen molar-refractivity contribution in [3.8, 4) is 11.8 Å². The Hall–Kier alpha value is -1.01. The highest BCUT2D eigenvalue weighted by Crippen LogP contribution is 2.18. The number of rotatable bonds is 2. The van der Waals surface area contributed by atoms with E-state index in [2.05, 4.69) is 17.2 Å². The third-order valence-corrected chi connectivity index (χ3v) is 2.05. The van der Waals surface area contributed by atoms with Gasteiger partial charge in [-0.05, 0) is 26.7 Å². The summed E-state index contributed by atoms with van der Waals surface area (Å²) in [5, 5.41) is 2.71. The van der Waals surface area contributed by atoms with Gasteiger partial charge >= 0.3 is 0 Å². The van der Waals surface area contributed by atoms with Crippen molar-refractivity contribution in [3.05, 3.63) is 0 Å². The highest BCUT2D eigenvalue weighted by atomic mass is 16.5. The van der Waals surface area contributed by atoms with Crippen molar-refractivity contribution in [2.45, 2.75) is 38.9 Å². The van der Waals surface area contributed by atoms with Crippen LogP contribution in [0.15, 0.2) is 0 Å². The second-order valence-electron chi connectivity index (χ2n) is 3.16. The normalized spacial score (nSPS) is 26.3. The molecule has 0 spiro atoms. The van der Waals surface area contributed by atoms with Crippen molar-refractivity contribution in [1.29, 1.82) is 0 Å². The summed E-state index contributed by atoms with van der Waals surface area (Å²) >= 11 is 0. The first-order valence-electron chi connectivity index (χ1n) is 4.57. The van der Waals surface area contributed by atoms with Gasteiger partial charge in [-0.2, -0.15) is 0 Å². The average molecular weight is 181 g/mol. The lowest BCUT2D eigenvalue weighted by atomic mass is 10.2. The summed E-state index contributed by atoms with van der Waals surface area (Å²) in [6.45, 7) is 4.16. The second kappa shape index (κ2) is 4.88. The molecule has 1 aliphatic heterocycles. The number of hydrogen-bond acceptors (Lipinski definition) is 2. The molecule has 1 rings (SSSR count). The van der Waals surface area contributed by atoms with Gasteiger partial charge in [0.2, 0.25) is 5.91 Å². The van der Waals surface area contributed by atoms with Gasteiger partial charge in [-0.15, -0.1) is 5.92 Å². The molecule has 0 aromatic heterocycles. The van der Waals surface area contributed by atoms with Crippen molar-refractivity contribution in [2.24, 2.45) is 0 Å². The fraction of sp³-hybridized carbons (Fsp3) is 0.700. The molecule has 72 valence electrons. The maximum absolute atomic E-state index is 11.4. The van der Waals surface area contributed by atoms with E-state index in [0.717, 1.165) is 12.8 Å². The average Bonchev–Trinajstić information content (AvgIpc) is 2.52. The van der Waals surface area contributed by atoms with Crippen LogP contribution in [0.2, 0.25) is 0 Å². The molecule has 0 saturated carbocycles. The Balaban J connectivity index is 2.26. The van der Waals surface area contributed by atoms with Gasteiger partial charge in [0.15, 0.2) is 0 Å². The zero-order chi connectivity index (χ0) is 9.68. The number of hydrogen-bond donors (Lipinski definition) is 1. The highest BCUT2D eigenvalue weighted by molar-refractivity contribution is 5.81. The Bertz CT molecular complexity index is 239. The van der Waals surface area contributed by atoms with Gasteiger partial charge < -0.3 is 10.1 Å². The highest BCUT2D eigenvalue weighted by Gasteiger charge is 2.27. The molecule has 2 unspecified atom stereocenters. The van der Waals surface area contributed by atoms with E-state index < -0.39 is 0 Å². The van der Waals surface area contributed by atoms with Crippen LogP contribution in [0, 0.1) is 11.8 Å². The van der Waals surface area contributed by atoms with Crippen molar-refractivity contribution < 1.29 is 9.53 Å². The third-order valence-electron chi connectivity index (χ3n) is 2.05. The molecule has 0 bridgehead atoms. The van der Waals surface area contributed by atoms with Gasteiger partial charge in [0.05, 0.1) is 12.6 Å². The van der Waals surface area contributed by atoms with E-state index in [9.17, 15) is 4.79 Å². The van der Waals surface area contributed by atoms with Crippen molar-refractivity contribution >= 4 is 5.91 Å². The van der Waals surface area contributed by atoms with Crippen LogP contribution in [-0.2, 0) is 9.53 Å². The molecule has 1 heterocycles. The predicted octanol–water partition coefficient (Wildman–Crippen LogP) is 0.693. The van der Waals surface area contributed by atoms with Crippen molar-refractivity contribution in [1.82, 2.24) is 5.32 Å². The van der Waals surface area contributed by atoms with Crippen LogP contribution in [0.4, 0.5) is 0 Å². The lowest BCUT2D eigenvalue weighted by Gasteiger charge is -2.09. The molecule has 1 N–H and O–H groups in total. The fourth-order valence-electron chi connectivity index (χ4n) is 1.33. The largest absolute Gasteiger partial charge is 0.365 e. The minimum Gasteiger partial charge on any atom is -0.365 e. The number of nitrogens with one attached hydrogen (secondary N) is 1. The number of carbonyl (C=O) groups excluding carboxylic acids is 1. The first kappa shape index (κ1) is 10.1. The van der Waals surface area contributed by atoms with E-state index >= 15 is 0 Å². The van der Waals surface area contributed by atoms with Gasteiger partial charge in [0.1, 0.15) is 6.10 Å². The minimum absolute atomic E-state index is 0.0351. The Kier molecular flexibility index (Phi) is 3.78. The minimum atomic E-state index is -0.256. The monoisotopic (exact) mass is 181 g/mol. The van der Waals surface area contributed by atoms with Crippen LogP contribution in [0.3, 0.4) is 0 Å². The topological polar surface area (TPSA) is 38.3 Å². The summed E-state index contributed by atoms with van der Waals surface area (Å²) in [5.41, 5.74) is 0. The van der Waals surface area contributed by atoms with Crippen LogP contribution in [0.1, 0.15) is 26.7 Å². The summed E-state index contributed by atoms with van der Waals surface area (Å²) < 4.78 is 5.39. The maximum Gasteiger partial charge on any atom is 0.249 e. The van der Waals surface area contributed by atoms with Gasteiger partial charge in [-0.3, -0.25) is 4.79 Å². The molecule has 3 heteroatoms. The van der Waals surface area contributed by atoms with E-state index in [0.29, 0.717) is 6.54 Å². The molecule has 0 aliphatic carbocycles. The Morgan fingerprint density at radius 3 is 2.92 bits per heavy atom. The molecule has 1 amide bonds. The Morgan fingerprint density at radius 2 is 2.38 bits per heavy atom. The lowest BCUT2D eigenvalue weighted by Crippen LogP contribution is -2.34. The van der Waals surface area contributed by atoms with Crippen LogP contribution < -0.4 is 5.32 Å². The molecule has 1 aliphatic rings. The quantitative estimate of drug-likeness (QED) is 0.637. The molecule has 0 aromatic rings. The standard InChI is InChI=1S/C10H15NO2/c1-3-4-7-11-10(12)9-6-5-8(2)13-9/h8-9H,5-7H2,1-2H3,(H,11,12). The van der Waals surface area contributed by atoms with Crippen LogP contribution in [0.25, 0.3) is 0 Å². The molecule has 3 nitrogen and oxygen atoms in total. The third kappa shape index (κ3) is 3.08. The van der Waals surface area contributed by atoms with Crippen LogP contribution in [0.5, 0.6) is 0 Å². The summed E-state index contributed by atoms with van der Waals surface area (Å²) in [6, 6.07) is 0. The molecule has 13 heavy (non-hydrogen) atoms. The van der Waals surface area contributed by atoms with Crippen LogP contribution >= 0.6 is 0 Å². The Labute approximate surface area is 78.8 Å². The summed E-state index contributed by atoms with van der Waals surface area (Å²) in [6.07, 6.45) is 1.76. The summed E-state index contributed by atoms with van der Waals surface area (Å²) in [5.74, 6) is 5.46. The van der Waals surface area contributed by atoms with Crippen molar-refractivity contribution in [3.63, 3.8) is 0 Å². The SMILES string of the molecule is CC#CCNC(=O)C1CCC(C)O1. The molecule has 0 radical (unpaired) electrons. The Morgan fingerprint density at radius 1 is 1.62 bits per heavy atom. The first-order valence-corrected chi connectivity index (χ1v) is 4.57. The fourth-order valence-corrected chi connectivity index (χ4v) is 1.33. The van der Waals surface area contributed by atoms with Gasteiger partial charge in [-0.1, -0.05) is 5.92 Å². The number of carbonyl (C=O) groups is 1. The molecule has 1 saturated heterocycles. The smallest absolute Gasteiger partial charge is 0.249 e. The molecule has 0 aromatic carbocycles. The molecule has 2 atom stereocenters. The lowest BCUT2D eigenvalue weighted by molar-refractivity contribution is -0.131. The zero-order valence-corrected chi connectivity index (χ0v) is 8.09. The van der Waals surface area contributed by atoms with Gasteiger partial charge in [0, 0.05) is 0 Å². The van der Waals surface area contributed by atoms with Gasteiger partial charge in [0.25, 0.3) is 0 Å². The van der Waals surface area contributed by atoms with E-state index in [1.165, 1.54) is 0 Å². The van der Waals surface area contributed by atoms with Gasteiger partial charge in [-0.25, -0.2) is 0 Å². The second-order valence-corrected chi connectivity index (χ2v) is 3.16. The maximum atomic E-state index is 11.4. The number of amides is 1. The van der Waals surface area contributed by atoms with E-state index in [1.807, 2.05) is 6.92 Å². The molecular weight excluding hydrogens is 166 g/mol. The predicted molar refractivity (Wildman–Crippen MR) is 50.0 cm³/mol. The summed E-state index contributed by atoms with van der Waals surface area (Å²) in [7, 11) is 0. The summed E-state index contributed by atoms with van der Waals surface area (Å²) in [4.78, 5) is 11.4.